The summed E-state index contributed by atoms with van der Waals surface area (Å²) in [6.45, 7) is 4.64. The molecule has 1 unspecified atom stereocenters. The van der Waals surface area contributed by atoms with Gasteiger partial charge in [0.25, 0.3) is 0 Å². The van der Waals surface area contributed by atoms with Crippen molar-refractivity contribution in [2.24, 2.45) is 0 Å². The summed E-state index contributed by atoms with van der Waals surface area (Å²) in [5, 5.41) is 2.95. The van der Waals surface area contributed by atoms with Crippen LogP contribution in [0.25, 0.3) is 0 Å². The molecule has 1 saturated carbocycles. The quantitative estimate of drug-likeness (QED) is 0.685. The summed E-state index contributed by atoms with van der Waals surface area (Å²) in [5.41, 5.74) is 0. The van der Waals surface area contributed by atoms with Crippen LogP contribution in [-0.2, 0) is 4.79 Å². The van der Waals surface area contributed by atoms with Gasteiger partial charge in [-0.25, -0.2) is 9.37 Å². The molecule has 2 fully saturated rings. The fourth-order valence-electron chi connectivity index (χ4n) is 2.06. The van der Waals surface area contributed by atoms with Crippen LogP contribution >= 0.6 is 11.6 Å². The van der Waals surface area contributed by atoms with Crippen molar-refractivity contribution in [1.29, 1.82) is 0 Å². The van der Waals surface area contributed by atoms with E-state index in [4.69, 9.17) is 11.6 Å². The Labute approximate surface area is 134 Å². The standard InChI is InChI=1S/C12H14ClFN4O.C3H6/c1-2-10(19)18-5-3-4-8(7-18)16-11-9(14)6-15-12(13)17-11;1-2-3-1/h2,6,8H,1,3-5,7H2,(H,15,16,17);1-3H2. The van der Waals surface area contributed by atoms with Crippen molar-refractivity contribution in [3.63, 3.8) is 0 Å². The van der Waals surface area contributed by atoms with Crippen LogP contribution in [-0.4, -0.2) is 39.9 Å². The first kappa shape index (κ1) is 16.7. The second kappa shape index (κ2) is 8.08. The van der Waals surface area contributed by atoms with E-state index in [1.54, 1.807) is 4.90 Å². The SMILES string of the molecule is C1CC1.C=CC(=O)N1CCCC(Nc2nc(Cl)ncc2F)C1. The van der Waals surface area contributed by atoms with E-state index in [-0.39, 0.29) is 23.1 Å². The summed E-state index contributed by atoms with van der Waals surface area (Å²) in [6.07, 6.45) is 8.48. The number of hydrogen-bond acceptors (Lipinski definition) is 4. The molecule has 3 rings (SSSR count). The Kier molecular flexibility index (Phi) is 6.12. The highest BCUT2D eigenvalue weighted by Gasteiger charge is 2.23. The average Bonchev–Trinajstić information content (AvgIpc) is 3.39. The number of halogens is 2. The summed E-state index contributed by atoms with van der Waals surface area (Å²) in [6, 6.07) is -0.0573. The minimum Gasteiger partial charge on any atom is -0.363 e. The molecule has 0 radical (unpaired) electrons. The Morgan fingerprint density at radius 3 is 2.82 bits per heavy atom. The van der Waals surface area contributed by atoms with E-state index in [1.807, 2.05) is 0 Å². The van der Waals surface area contributed by atoms with Gasteiger partial charge in [0.15, 0.2) is 11.6 Å². The Hall–Kier alpha value is -1.69. The molecular formula is C15H20ClFN4O. The molecule has 2 aliphatic rings. The smallest absolute Gasteiger partial charge is 0.246 e. The largest absolute Gasteiger partial charge is 0.363 e. The van der Waals surface area contributed by atoms with Crippen LogP contribution < -0.4 is 5.32 Å². The Bertz CT molecular complexity index is 536. The van der Waals surface area contributed by atoms with Crippen LogP contribution in [0.5, 0.6) is 0 Å². The second-order valence-corrected chi connectivity index (χ2v) is 5.71. The number of aromatic nitrogens is 2. The molecule has 1 saturated heterocycles. The van der Waals surface area contributed by atoms with Crippen molar-refractivity contribution in [3.05, 3.63) is 30.0 Å². The lowest BCUT2D eigenvalue weighted by Crippen LogP contribution is -2.44. The molecule has 1 aliphatic carbocycles. The van der Waals surface area contributed by atoms with E-state index in [1.165, 1.54) is 25.3 Å². The normalized spacial score (nSPS) is 19.7. The van der Waals surface area contributed by atoms with Gasteiger partial charge in [-0.3, -0.25) is 4.79 Å². The number of carbonyl (C=O) groups excluding carboxylic acids is 1. The first-order chi connectivity index (χ1) is 10.6. The van der Waals surface area contributed by atoms with Gasteiger partial charge >= 0.3 is 0 Å². The van der Waals surface area contributed by atoms with Crippen molar-refractivity contribution in [1.82, 2.24) is 14.9 Å². The molecule has 22 heavy (non-hydrogen) atoms. The van der Waals surface area contributed by atoms with Gasteiger partial charge in [0.05, 0.1) is 6.20 Å². The topological polar surface area (TPSA) is 58.1 Å². The summed E-state index contributed by atoms with van der Waals surface area (Å²) >= 11 is 5.63. The highest BCUT2D eigenvalue weighted by molar-refractivity contribution is 6.28. The van der Waals surface area contributed by atoms with Crippen LogP contribution in [0.4, 0.5) is 10.2 Å². The number of carbonyl (C=O) groups is 1. The minimum absolute atomic E-state index is 0.0151. The first-order valence-electron chi connectivity index (χ1n) is 7.46. The molecule has 5 nitrogen and oxygen atoms in total. The van der Waals surface area contributed by atoms with E-state index < -0.39 is 5.82 Å². The molecule has 0 aromatic carbocycles. The fourth-order valence-corrected chi connectivity index (χ4v) is 2.20. The second-order valence-electron chi connectivity index (χ2n) is 5.37. The van der Waals surface area contributed by atoms with Crippen LogP contribution in [0.2, 0.25) is 5.28 Å². The van der Waals surface area contributed by atoms with E-state index >= 15 is 0 Å². The zero-order valence-electron chi connectivity index (χ0n) is 12.4. The number of nitrogens with one attached hydrogen (secondary N) is 1. The van der Waals surface area contributed by atoms with Crippen molar-refractivity contribution >= 4 is 23.3 Å². The predicted molar refractivity (Wildman–Crippen MR) is 84.3 cm³/mol. The summed E-state index contributed by atoms with van der Waals surface area (Å²) < 4.78 is 13.5. The number of hydrogen-bond donors (Lipinski definition) is 1. The fraction of sp³-hybridized carbons (Fsp3) is 0.533. The molecule has 120 valence electrons. The van der Waals surface area contributed by atoms with Crippen molar-refractivity contribution in [2.45, 2.75) is 38.1 Å². The highest BCUT2D eigenvalue weighted by Crippen LogP contribution is 2.18. The Morgan fingerprint density at radius 2 is 2.18 bits per heavy atom. The minimum atomic E-state index is -0.559. The van der Waals surface area contributed by atoms with Gasteiger partial charge in [-0.1, -0.05) is 25.8 Å². The zero-order valence-corrected chi connectivity index (χ0v) is 13.2. The zero-order chi connectivity index (χ0) is 15.9. The highest BCUT2D eigenvalue weighted by atomic mass is 35.5. The van der Waals surface area contributed by atoms with Gasteiger partial charge in [-0.2, -0.15) is 4.98 Å². The third kappa shape index (κ3) is 5.26. The summed E-state index contributed by atoms with van der Waals surface area (Å²) in [7, 11) is 0. The maximum Gasteiger partial charge on any atom is 0.246 e. The third-order valence-electron chi connectivity index (χ3n) is 3.32. The summed E-state index contributed by atoms with van der Waals surface area (Å²) in [4.78, 5) is 20.6. The van der Waals surface area contributed by atoms with Gasteiger partial charge in [0.2, 0.25) is 11.2 Å². The van der Waals surface area contributed by atoms with E-state index in [2.05, 4.69) is 21.9 Å². The number of piperidine rings is 1. The molecule has 7 heteroatoms. The van der Waals surface area contributed by atoms with Crippen LogP contribution in [0, 0.1) is 5.82 Å². The maximum absolute atomic E-state index is 13.5. The predicted octanol–water partition coefficient (Wildman–Crippen LogP) is 3.03. The van der Waals surface area contributed by atoms with Gasteiger partial charge in [0, 0.05) is 19.1 Å². The molecular weight excluding hydrogens is 307 g/mol. The lowest BCUT2D eigenvalue weighted by Gasteiger charge is -2.32. The van der Waals surface area contributed by atoms with Crippen molar-refractivity contribution in [3.8, 4) is 0 Å². The number of nitrogens with zero attached hydrogens (tertiary/aromatic N) is 3. The van der Waals surface area contributed by atoms with E-state index in [9.17, 15) is 9.18 Å². The lowest BCUT2D eigenvalue weighted by atomic mass is 10.1. The van der Waals surface area contributed by atoms with Crippen LogP contribution in [0.1, 0.15) is 32.1 Å². The maximum atomic E-state index is 13.5. The first-order valence-corrected chi connectivity index (χ1v) is 7.84. The van der Waals surface area contributed by atoms with Crippen molar-refractivity contribution < 1.29 is 9.18 Å². The molecule has 1 aromatic rings. The molecule has 1 N–H and O–H groups in total. The average molecular weight is 327 g/mol. The Morgan fingerprint density at radius 1 is 1.45 bits per heavy atom. The number of amides is 1. The monoisotopic (exact) mass is 326 g/mol. The lowest BCUT2D eigenvalue weighted by molar-refractivity contribution is -0.127. The molecule has 1 aliphatic heterocycles. The Balaban J connectivity index is 0.000000523. The van der Waals surface area contributed by atoms with Gasteiger partial charge < -0.3 is 10.2 Å². The van der Waals surface area contributed by atoms with E-state index in [0.29, 0.717) is 13.1 Å². The van der Waals surface area contributed by atoms with Gasteiger partial charge in [-0.15, -0.1) is 0 Å². The van der Waals surface area contributed by atoms with Gasteiger partial charge in [-0.05, 0) is 30.5 Å². The van der Waals surface area contributed by atoms with Crippen LogP contribution in [0.15, 0.2) is 18.9 Å². The number of anilines is 1. The summed E-state index contributed by atoms with van der Waals surface area (Å²) in [5.74, 6) is -0.609. The molecule has 1 amide bonds. The molecule has 1 aromatic heterocycles. The van der Waals surface area contributed by atoms with E-state index in [0.717, 1.165) is 19.0 Å². The molecule has 1 atom stereocenters. The molecule has 0 spiro atoms. The van der Waals surface area contributed by atoms with Crippen LogP contribution in [0.3, 0.4) is 0 Å². The number of rotatable bonds is 3. The molecule has 2 heterocycles. The third-order valence-corrected chi connectivity index (χ3v) is 3.50. The number of likely N-dealkylation sites (tertiary alicyclic amines) is 1. The van der Waals surface area contributed by atoms with Gasteiger partial charge in [0.1, 0.15) is 0 Å². The van der Waals surface area contributed by atoms with Crippen molar-refractivity contribution in [2.75, 3.05) is 18.4 Å². The molecule has 0 bridgehead atoms.